The van der Waals surface area contributed by atoms with Crippen molar-refractivity contribution in [3.05, 3.63) is 48.0 Å². The van der Waals surface area contributed by atoms with Gasteiger partial charge in [0.1, 0.15) is 17.6 Å². The Morgan fingerprint density at radius 1 is 1.23 bits per heavy atom. The summed E-state index contributed by atoms with van der Waals surface area (Å²) >= 11 is 0. The second kappa shape index (κ2) is 11.9. The highest BCUT2D eigenvalue weighted by molar-refractivity contribution is 7.89. The monoisotopic (exact) mass is 559 g/mol. The van der Waals surface area contributed by atoms with Crippen molar-refractivity contribution in [1.82, 2.24) is 9.21 Å². The van der Waals surface area contributed by atoms with Gasteiger partial charge < -0.3 is 24.8 Å². The molecule has 1 heterocycles. The van der Waals surface area contributed by atoms with Crippen LogP contribution in [0.1, 0.15) is 32.3 Å². The summed E-state index contributed by atoms with van der Waals surface area (Å²) in [5, 5.41) is 12.7. The topological polar surface area (TPSA) is 125 Å². The number of methoxy groups -OCH3 is 1. The van der Waals surface area contributed by atoms with Crippen LogP contribution in [0.3, 0.4) is 0 Å². The maximum Gasteiger partial charge on any atom is 0.242 e. The molecule has 2 aromatic carbocycles. The molecule has 3 atom stereocenters. The molecule has 2 amide bonds. The largest absolute Gasteiger partial charge is 0.497 e. The summed E-state index contributed by atoms with van der Waals surface area (Å²) in [4.78, 5) is 27.4. The van der Waals surface area contributed by atoms with Gasteiger partial charge in [-0.1, -0.05) is 6.92 Å². The van der Waals surface area contributed by atoms with Gasteiger partial charge in [0.15, 0.2) is 0 Å². The lowest BCUT2D eigenvalue weighted by Gasteiger charge is -2.33. The second-order valence-electron chi connectivity index (χ2n) is 10.4. The lowest BCUT2D eigenvalue weighted by molar-refractivity contribution is -0.134. The normalized spacial score (nSPS) is 20.8. The summed E-state index contributed by atoms with van der Waals surface area (Å²) < 4.78 is 39.5. The molecule has 2 N–H and O–H groups in total. The van der Waals surface area contributed by atoms with Crippen LogP contribution in [0.25, 0.3) is 0 Å². The lowest BCUT2D eigenvalue weighted by atomic mass is 10.0. The van der Waals surface area contributed by atoms with Gasteiger partial charge in [-0.2, -0.15) is 4.31 Å². The third kappa shape index (κ3) is 6.71. The molecule has 1 saturated carbocycles. The van der Waals surface area contributed by atoms with Crippen LogP contribution < -0.4 is 14.8 Å². The average Bonchev–Trinajstić information content (AvgIpc) is 3.77. The molecule has 1 fully saturated rings. The maximum absolute atomic E-state index is 13.4. The summed E-state index contributed by atoms with van der Waals surface area (Å²) in [6, 6.07) is 10.9. The number of fused-ring (bicyclic) bond motifs is 1. The maximum atomic E-state index is 13.4. The van der Waals surface area contributed by atoms with Gasteiger partial charge in [0.05, 0.1) is 37.6 Å². The van der Waals surface area contributed by atoms with Crippen LogP contribution in [-0.4, -0.2) is 80.5 Å². The van der Waals surface area contributed by atoms with E-state index in [4.69, 9.17) is 9.47 Å². The quantitative estimate of drug-likeness (QED) is 0.484. The zero-order chi connectivity index (χ0) is 28.3. The van der Waals surface area contributed by atoms with E-state index in [9.17, 15) is 23.1 Å². The Bertz CT molecular complexity index is 1290. The molecule has 39 heavy (non-hydrogen) atoms. The fourth-order valence-electron chi connectivity index (χ4n) is 4.59. The van der Waals surface area contributed by atoms with E-state index in [2.05, 4.69) is 5.32 Å². The Balaban J connectivity index is 1.63. The molecule has 2 aromatic rings. The Morgan fingerprint density at radius 2 is 1.92 bits per heavy atom. The van der Waals surface area contributed by atoms with Gasteiger partial charge in [0.2, 0.25) is 21.8 Å². The number of ether oxygens (including phenoxy) is 2. The molecular formula is C28H37N3O7S. The van der Waals surface area contributed by atoms with Gasteiger partial charge in [0, 0.05) is 36.7 Å². The van der Waals surface area contributed by atoms with Gasteiger partial charge in [-0.05, 0) is 62.2 Å². The molecule has 0 aromatic heterocycles. The van der Waals surface area contributed by atoms with E-state index in [1.807, 2.05) is 6.92 Å². The molecule has 0 bridgehead atoms. The van der Waals surface area contributed by atoms with E-state index in [0.29, 0.717) is 22.7 Å². The standard InChI is InChI=1S/C28H37N3O7S/c1-18-15-31(19(2)17-32)27(33)14-21-13-22(29-28(34)20-5-6-20)7-12-25(21)38-26(18)16-30(3)39(35,36)24-10-8-23(37-4)9-11-24/h7-13,18-20,26,32H,5-6,14-17H2,1-4H3,(H,29,34)/t18-,19+,26+/m0/s1. The molecule has 1 aliphatic carbocycles. The zero-order valence-electron chi connectivity index (χ0n) is 22.8. The number of hydrogen-bond donors (Lipinski definition) is 2. The average molecular weight is 560 g/mol. The van der Waals surface area contributed by atoms with Crippen LogP contribution in [0.15, 0.2) is 47.4 Å². The Hall–Kier alpha value is -3.15. The molecule has 1 aliphatic heterocycles. The van der Waals surface area contributed by atoms with Crippen molar-refractivity contribution in [1.29, 1.82) is 0 Å². The van der Waals surface area contributed by atoms with E-state index < -0.39 is 22.2 Å². The fourth-order valence-corrected chi connectivity index (χ4v) is 5.78. The van der Waals surface area contributed by atoms with E-state index in [1.165, 1.54) is 30.6 Å². The highest BCUT2D eigenvalue weighted by Gasteiger charge is 2.34. The molecule has 11 heteroatoms. The Labute approximate surface area is 229 Å². The van der Waals surface area contributed by atoms with Gasteiger partial charge in [-0.3, -0.25) is 9.59 Å². The van der Waals surface area contributed by atoms with Crippen molar-refractivity contribution in [3.63, 3.8) is 0 Å². The minimum absolute atomic E-state index is 0.0201. The molecule has 2 aliphatic rings. The number of aliphatic hydroxyl groups excluding tert-OH is 1. The molecule has 4 rings (SSSR count). The molecule has 0 radical (unpaired) electrons. The van der Waals surface area contributed by atoms with Crippen molar-refractivity contribution in [2.24, 2.45) is 11.8 Å². The highest BCUT2D eigenvalue weighted by Crippen LogP contribution is 2.33. The number of nitrogens with zero attached hydrogens (tertiary/aromatic N) is 2. The number of amides is 2. The summed E-state index contributed by atoms with van der Waals surface area (Å²) in [5.41, 5.74) is 1.16. The number of hydrogen-bond acceptors (Lipinski definition) is 7. The van der Waals surface area contributed by atoms with Crippen molar-refractivity contribution >= 4 is 27.5 Å². The van der Waals surface area contributed by atoms with Crippen molar-refractivity contribution in [2.45, 2.75) is 50.2 Å². The number of benzene rings is 2. The Morgan fingerprint density at radius 3 is 2.54 bits per heavy atom. The smallest absolute Gasteiger partial charge is 0.242 e. The predicted molar refractivity (Wildman–Crippen MR) is 146 cm³/mol. The zero-order valence-corrected chi connectivity index (χ0v) is 23.6. The van der Waals surface area contributed by atoms with Crippen LogP contribution in [0.2, 0.25) is 0 Å². The van der Waals surface area contributed by atoms with Gasteiger partial charge in [-0.15, -0.1) is 0 Å². The number of carbonyl (C=O) groups excluding carboxylic acids is 2. The Kier molecular flexibility index (Phi) is 8.83. The summed E-state index contributed by atoms with van der Waals surface area (Å²) in [7, 11) is -0.820. The van der Waals surface area contributed by atoms with Gasteiger partial charge in [-0.25, -0.2) is 8.42 Å². The van der Waals surface area contributed by atoms with Crippen LogP contribution in [0, 0.1) is 11.8 Å². The van der Waals surface area contributed by atoms with Crippen LogP contribution in [0.4, 0.5) is 5.69 Å². The van der Waals surface area contributed by atoms with E-state index in [1.54, 1.807) is 42.2 Å². The van der Waals surface area contributed by atoms with Crippen molar-refractivity contribution in [3.8, 4) is 11.5 Å². The SMILES string of the molecule is COc1ccc(S(=O)(=O)N(C)C[C@H]2Oc3ccc(NC(=O)C4CC4)cc3CC(=O)N([C@H](C)CO)C[C@@H]2C)cc1. The molecule has 0 spiro atoms. The molecule has 0 saturated heterocycles. The molecule has 0 unspecified atom stereocenters. The number of aliphatic hydroxyl groups is 1. The first-order chi connectivity index (χ1) is 18.5. The number of nitrogens with one attached hydrogen (secondary N) is 1. The first-order valence-corrected chi connectivity index (χ1v) is 14.6. The molecule has 10 nitrogen and oxygen atoms in total. The number of likely N-dealkylation sites (N-methyl/N-ethyl adjacent to an activating group) is 1. The van der Waals surface area contributed by atoms with E-state index in [0.717, 1.165) is 12.8 Å². The lowest BCUT2D eigenvalue weighted by Crippen LogP contribution is -2.48. The molecular weight excluding hydrogens is 522 g/mol. The molecule has 212 valence electrons. The first-order valence-electron chi connectivity index (χ1n) is 13.1. The summed E-state index contributed by atoms with van der Waals surface area (Å²) in [5.74, 6) is 0.547. The number of anilines is 1. The number of sulfonamides is 1. The van der Waals surface area contributed by atoms with Crippen molar-refractivity contribution < 1.29 is 32.6 Å². The van der Waals surface area contributed by atoms with Crippen molar-refractivity contribution in [2.75, 3.05) is 39.2 Å². The predicted octanol–water partition coefficient (Wildman–Crippen LogP) is 2.51. The third-order valence-electron chi connectivity index (χ3n) is 7.34. The van der Waals surface area contributed by atoms with Crippen LogP contribution in [0.5, 0.6) is 11.5 Å². The van der Waals surface area contributed by atoms with E-state index >= 15 is 0 Å². The summed E-state index contributed by atoms with van der Waals surface area (Å²) in [6.45, 7) is 3.77. The second-order valence-corrected chi connectivity index (χ2v) is 12.5. The number of rotatable bonds is 9. The number of carbonyl (C=O) groups is 2. The van der Waals surface area contributed by atoms with Crippen LogP contribution >= 0.6 is 0 Å². The summed E-state index contributed by atoms with van der Waals surface area (Å²) in [6.07, 6.45) is 1.16. The fraction of sp³-hybridized carbons (Fsp3) is 0.500. The minimum Gasteiger partial charge on any atom is -0.497 e. The first kappa shape index (κ1) is 28.8. The third-order valence-corrected chi connectivity index (χ3v) is 9.17. The minimum atomic E-state index is -3.83. The van der Waals surface area contributed by atoms with Crippen LogP contribution in [-0.2, 0) is 26.0 Å². The highest BCUT2D eigenvalue weighted by atomic mass is 32.2. The van der Waals surface area contributed by atoms with Gasteiger partial charge in [0.25, 0.3) is 0 Å². The van der Waals surface area contributed by atoms with E-state index in [-0.39, 0.29) is 54.7 Å². The van der Waals surface area contributed by atoms with Gasteiger partial charge >= 0.3 is 0 Å².